The van der Waals surface area contributed by atoms with Crippen LogP contribution in [0.25, 0.3) is 10.9 Å². The van der Waals surface area contributed by atoms with Gasteiger partial charge in [-0.25, -0.2) is 9.78 Å². The lowest BCUT2D eigenvalue weighted by Gasteiger charge is -2.20. The average Bonchev–Trinajstić information content (AvgIpc) is 2.72. The van der Waals surface area contributed by atoms with Crippen molar-refractivity contribution in [3.63, 3.8) is 0 Å². The molecule has 0 unspecified atom stereocenters. The Kier molecular flexibility index (Phi) is 6.45. The average molecular weight is 380 g/mol. The Balaban J connectivity index is 1.63. The number of nitrogens with zero attached hydrogens (tertiary/aromatic N) is 2. The van der Waals surface area contributed by atoms with E-state index in [-0.39, 0.29) is 6.54 Å². The molecule has 146 valence electrons. The molecule has 1 amide bonds. The van der Waals surface area contributed by atoms with E-state index in [0.717, 1.165) is 16.6 Å². The molecule has 0 saturated heterocycles. The summed E-state index contributed by atoms with van der Waals surface area (Å²) in [5.74, 6) is 0.630. The summed E-state index contributed by atoms with van der Waals surface area (Å²) >= 11 is 0. The number of ether oxygens (including phenoxy) is 2. The second-order valence-corrected chi connectivity index (χ2v) is 6.45. The molecule has 3 rings (SSSR count). The third-order valence-electron chi connectivity index (χ3n) is 4.31. The minimum atomic E-state index is -0.836. The van der Waals surface area contributed by atoms with E-state index in [1.54, 1.807) is 26.1 Å². The monoisotopic (exact) mass is 380 g/mol. The number of aromatic nitrogens is 1. The molecule has 0 aliphatic heterocycles. The molecule has 0 saturated carbocycles. The van der Waals surface area contributed by atoms with Gasteiger partial charge in [-0.2, -0.15) is 0 Å². The van der Waals surface area contributed by atoms with Crippen molar-refractivity contribution in [1.29, 1.82) is 0 Å². The number of rotatable bonds is 7. The Morgan fingerprint density at radius 2 is 1.96 bits per heavy atom. The molecule has 0 spiro atoms. The maximum absolute atomic E-state index is 11.7. The number of aliphatic hydroxyl groups excluding tert-OH is 1. The fourth-order valence-corrected chi connectivity index (χ4v) is 2.83. The van der Waals surface area contributed by atoms with E-state index in [0.29, 0.717) is 24.5 Å². The topological polar surface area (TPSA) is 71.9 Å². The van der Waals surface area contributed by atoms with Crippen molar-refractivity contribution >= 4 is 17.0 Å². The molecule has 6 heteroatoms. The summed E-state index contributed by atoms with van der Waals surface area (Å²) < 4.78 is 10.8. The number of carbonyl (C=O) groups excluding carboxylic acids is 1. The number of amides is 1. The van der Waals surface area contributed by atoms with Gasteiger partial charge in [0.25, 0.3) is 0 Å². The minimum Gasteiger partial charge on any atom is -0.487 e. The summed E-state index contributed by atoms with van der Waals surface area (Å²) in [5.41, 5.74) is 2.42. The first-order valence-corrected chi connectivity index (χ1v) is 9.20. The molecule has 1 atom stereocenters. The van der Waals surface area contributed by atoms with Crippen molar-refractivity contribution in [3.8, 4) is 5.75 Å². The van der Waals surface area contributed by atoms with Gasteiger partial charge in [-0.3, -0.25) is 0 Å². The molecule has 0 aliphatic carbocycles. The van der Waals surface area contributed by atoms with Gasteiger partial charge in [-0.15, -0.1) is 0 Å². The predicted molar refractivity (Wildman–Crippen MR) is 107 cm³/mol. The summed E-state index contributed by atoms with van der Waals surface area (Å²) in [6, 6.07) is 19.1. The lowest BCUT2D eigenvalue weighted by molar-refractivity contribution is 0.0861. The van der Waals surface area contributed by atoms with Crippen LogP contribution in [0, 0.1) is 0 Å². The van der Waals surface area contributed by atoms with E-state index in [1.807, 2.05) is 48.5 Å². The van der Waals surface area contributed by atoms with Gasteiger partial charge in [-0.05, 0) is 36.8 Å². The van der Waals surface area contributed by atoms with E-state index >= 15 is 0 Å². The van der Waals surface area contributed by atoms with Crippen molar-refractivity contribution in [2.24, 2.45) is 0 Å². The summed E-state index contributed by atoms with van der Waals surface area (Å²) in [7, 11) is 1.59. The number of hydrogen-bond acceptors (Lipinski definition) is 5. The highest BCUT2D eigenvalue weighted by atomic mass is 16.6. The van der Waals surface area contributed by atoms with Crippen LogP contribution in [0.5, 0.6) is 5.75 Å². The van der Waals surface area contributed by atoms with Crippen LogP contribution in [0.2, 0.25) is 0 Å². The van der Waals surface area contributed by atoms with Crippen molar-refractivity contribution < 1.29 is 19.4 Å². The summed E-state index contributed by atoms with van der Waals surface area (Å²) in [6.07, 6.45) is -1.30. The molecule has 0 fully saturated rings. The fourth-order valence-electron chi connectivity index (χ4n) is 2.83. The molecule has 3 aromatic rings. The van der Waals surface area contributed by atoms with Crippen LogP contribution in [0.4, 0.5) is 4.79 Å². The molecule has 0 aliphatic rings. The highest BCUT2D eigenvalue weighted by molar-refractivity contribution is 5.78. The first-order valence-electron chi connectivity index (χ1n) is 9.20. The van der Waals surface area contributed by atoms with Gasteiger partial charge in [0.05, 0.1) is 30.5 Å². The number of pyridine rings is 1. The third kappa shape index (κ3) is 4.98. The lowest BCUT2D eigenvalue weighted by atomic mass is 10.1. The number of carbonyl (C=O) groups is 1. The summed E-state index contributed by atoms with van der Waals surface area (Å²) in [5, 5.41) is 11.5. The van der Waals surface area contributed by atoms with Gasteiger partial charge in [0.1, 0.15) is 12.4 Å². The molecule has 6 nitrogen and oxygen atoms in total. The predicted octanol–water partition coefficient (Wildman–Crippen LogP) is 3.94. The maximum atomic E-state index is 11.7. The van der Waals surface area contributed by atoms with Gasteiger partial charge in [0.15, 0.2) is 0 Å². The zero-order chi connectivity index (χ0) is 19.9. The summed E-state index contributed by atoms with van der Waals surface area (Å²) in [4.78, 5) is 17.6. The Morgan fingerprint density at radius 3 is 2.79 bits per heavy atom. The smallest absolute Gasteiger partial charge is 0.409 e. The first kappa shape index (κ1) is 19.6. The van der Waals surface area contributed by atoms with Gasteiger partial charge < -0.3 is 19.5 Å². The highest BCUT2D eigenvalue weighted by Gasteiger charge is 2.16. The summed E-state index contributed by atoms with van der Waals surface area (Å²) in [6.45, 7) is 2.50. The Labute approximate surface area is 164 Å². The molecule has 0 radical (unpaired) electrons. The quantitative estimate of drug-likeness (QED) is 0.672. The molecular formula is C22H24N2O4. The molecule has 0 bridgehead atoms. The van der Waals surface area contributed by atoms with Crippen LogP contribution < -0.4 is 4.74 Å². The molecule has 28 heavy (non-hydrogen) atoms. The second-order valence-electron chi connectivity index (χ2n) is 6.45. The SMILES string of the molecule is CCOC(=O)N(C)C[C@H](O)c1cccc(OCc2ccc3ccccc3n2)c1. The van der Waals surface area contributed by atoms with Crippen LogP contribution in [0.15, 0.2) is 60.7 Å². The van der Waals surface area contributed by atoms with Crippen molar-refractivity contribution in [3.05, 3.63) is 71.9 Å². The van der Waals surface area contributed by atoms with Gasteiger partial charge >= 0.3 is 6.09 Å². The van der Waals surface area contributed by atoms with Crippen LogP contribution in [0.3, 0.4) is 0 Å². The second kappa shape index (κ2) is 9.19. The molecular weight excluding hydrogens is 356 g/mol. The zero-order valence-electron chi connectivity index (χ0n) is 16.0. The number of para-hydroxylation sites is 1. The Bertz CT molecular complexity index is 944. The Hall–Kier alpha value is -3.12. The van der Waals surface area contributed by atoms with Crippen molar-refractivity contribution in [2.45, 2.75) is 19.6 Å². The maximum Gasteiger partial charge on any atom is 0.409 e. The number of fused-ring (bicyclic) bond motifs is 1. The van der Waals surface area contributed by atoms with Crippen molar-refractivity contribution in [2.75, 3.05) is 20.2 Å². The Morgan fingerprint density at radius 1 is 1.14 bits per heavy atom. The van der Waals surface area contributed by atoms with E-state index in [4.69, 9.17) is 9.47 Å². The lowest BCUT2D eigenvalue weighted by Crippen LogP contribution is -2.31. The van der Waals surface area contributed by atoms with E-state index < -0.39 is 12.2 Å². The first-order chi connectivity index (χ1) is 13.6. The van der Waals surface area contributed by atoms with Crippen LogP contribution in [-0.4, -0.2) is 41.3 Å². The van der Waals surface area contributed by atoms with E-state index in [2.05, 4.69) is 4.98 Å². The van der Waals surface area contributed by atoms with E-state index in [1.165, 1.54) is 4.90 Å². The van der Waals surface area contributed by atoms with E-state index in [9.17, 15) is 9.90 Å². The third-order valence-corrected chi connectivity index (χ3v) is 4.31. The minimum absolute atomic E-state index is 0.133. The molecule has 1 aromatic heterocycles. The number of likely N-dealkylation sites (N-methyl/N-ethyl adjacent to an activating group) is 1. The molecule has 1 heterocycles. The normalized spacial score (nSPS) is 11.8. The van der Waals surface area contributed by atoms with Gasteiger partial charge in [-0.1, -0.05) is 36.4 Å². The standard InChI is InChI=1S/C22H24N2O4/c1-3-27-22(26)24(2)14-21(25)17-8-6-9-19(13-17)28-15-18-12-11-16-7-4-5-10-20(16)23-18/h4-13,21,25H,3,14-15H2,1-2H3/t21-/m0/s1. The highest BCUT2D eigenvalue weighted by Crippen LogP contribution is 2.21. The molecule has 2 aromatic carbocycles. The number of benzene rings is 2. The number of hydrogen-bond donors (Lipinski definition) is 1. The zero-order valence-corrected chi connectivity index (χ0v) is 16.0. The van der Waals surface area contributed by atoms with Gasteiger partial charge in [0, 0.05) is 12.4 Å². The van der Waals surface area contributed by atoms with Crippen LogP contribution >= 0.6 is 0 Å². The number of aliphatic hydroxyl groups is 1. The largest absolute Gasteiger partial charge is 0.487 e. The molecule has 1 N–H and O–H groups in total. The van der Waals surface area contributed by atoms with Crippen molar-refractivity contribution in [1.82, 2.24) is 9.88 Å². The van der Waals surface area contributed by atoms with Crippen LogP contribution in [-0.2, 0) is 11.3 Å². The van der Waals surface area contributed by atoms with Crippen LogP contribution in [0.1, 0.15) is 24.3 Å². The fraction of sp³-hybridized carbons (Fsp3) is 0.273. The van der Waals surface area contributed by atoms with Gasteiger partial charge in [0.2, 0.25) is 0 Å².